The van der Waals surface area contributed by atoms with Crippen molar-refractivity contribution in [1.29, 1.82) is 0 Å². The van der Waals surface area contributed by atoms with Gasteiger partial charge in [-0.3, -0.25) is 4.79 Å². The van der Waals surface area contributed by atoms with Crippen molar-refractivity contribution in [2.24, 2.45) is 35.5 Å². The number of aromatic nitrogens is 2. The zero-order valence-corrected chi connectivity index (χ0v) is 32.0. The SMILES string of the molecule is CCCCCC1C=CC(CCCCCC(C(=O)O)C(O)CCC2(O)CC(Cc3ccnc(N)c3)CC2Cc2cc(C(C)CC(C)C)c[nH]2)C(O)C1. The van der Waals surface area contributed by atoms with Crippen LogP contribution in [0.3, 0.4) is 0 Å². The number of aliphatic hydroxyl groups excluding tert-OH is 2. The highest BCUT2D eigenvalue weighted by molar-refractivity contribution is 5.70. The second kappa shape index (κ2) is 20.0. The van der Waals surface area contributed by atoms with E-state index in [9.17, 15) is 25.2 Å². The minimum atomic E-state index is -1.02. The second-order valence-corrected chi connectivity index (χ2v) is 16.9. The Morgan fingerprint density at radius 2 is 1.82 bits per heavy atom. The van der Waals surface area contributed by atoms with Crippen molar-refractivity contribution in [1.82, 2.24) is 9.97 Å². The van der Waals surface area contributed by atoms with E-state index in [4.69, 9.17) is 5.73 Å². The van der Waals surface area contributed by atoms with Crippen molar-refractivity contribution in [2.45, 2.75) is 161 Å². The van der Waals surface area contributed by atoms with Gasteiger partial charge in [-0.2, -0.15) is 0 Å². The van der Waals surface area contributed by atoms with E-state index in [1.54, 1.807) is 6.20 Å². The largest absolute Gasteiger partial charge is 0.481 e. The Morgan fingerprint density at radius 3 is 2.53 bits per heavy atom. The van der Waals surface area contributed by atoms with E-state index in [2.05, 4.69) is 62.1 Å². The number of aromatic amines is 1. The minimum Gasteiger partial charge on any atom is -0.481 e. The minimum absolute atomic E-state index is 0.0140. The third-order valence-corrected chi connectivity index (χ3v) is 12.1. The average molecular weight is 708 g/mol. The number of allylic oxidation sites excluding steroid dienone is 1. The molecular formula is C43H69N3O5. The zero-order chi connectivity index (χ0) is 37.0. The monoisotopic (exact) mass is 708 g/mol. The molecule has 0 aliphatic heterocycles. The highest BCUT2D eigenvalue weighted by atomic mass is 16.4. The number of anilines is 1. The zero-order valence-electron chi connectivity index (χ0n) is 32.0. The Bertz CT molecular complexity index is 1360. The maximum Gasteiger partial charge on any atom is 0.309 e. The molecule has 2 aliphatic rings. The second-order valence-electron chi connectivity index (χ2n) is 16.9. The maximum absolute atomic E-state index is 12.3. The Morgan fingerprint density at radius 1 is 1.04 bits per heavy atom. The molecule has 8 nitrogen and oxygen atoms in total. The molecule has 2 aromatic rings. The lowest BCUT2D eigenvalue weighted by Gasteiger charge is -2.32. The molecular weight excluding hydrogens is 638 g/mol. The number of aliphatic carboxylic acids is 1. The number of hydrogen-bond acceptors (Lipinski definition) is 6. The molecule has 9 atom stereocenters. The predicted molar refractivity (Wildman–Crippen MR) is 206 cm³/mol. The van der Waals surface area contributed by atoms with Gasteiger partial charge < -0.3 is 31.1 Å². The molecule has 286 valence electrons. The van der Waals surface area contributed by atoms with Gasteiger partial charge in [0.15, 0.2) is 0 Å². The van der Waals surface area contributed by atoms with Crippen LogP contribution in [-0.2, 0) is 17.6 Å². The predicted octanol–water partition coefficient (Wildman–Crippen LogP) is 8.61. The molecule has 2 aromatic heterocycles. The molecule has 51 heavy (non-hydrogen) atoms. The molecule has 1 saturated carbocycles. The van der Waals surface area contributed by atoms with E-state index in [1.807, 2.05) is 12.1 Å². The molecule has 8 heteroatoms. The van der Waals surface area contributed by atoms with Crippen LogP contribution in [0.4, 0.5) is 5.82 Å². The number of carboxylic acid groups (broad SMARTS) is 1. The van der Waals surface area contributed by atoms with Crippen LogP contribution in [0.15, 0.2) is 42.7 Å². The van der Waals surface area contributed by atoms with Gasteiger partial charge >= 0.3 is 5.97 Å². The van der Waals surface area contributed by atoms with E-state index in [0.717, 1.165) is 62.6 Å². The van der Waals surface area contributed by atoms with Crippen molar-refractivity contribution < 1.29 is 25.2 Å². The number of nitrogens with zero attached hydrogens (tertiary/aromatic N) is 1. The van der Waals surface area contributed by atoms with Gasteiger partial charge in [0.1, 0.15) is 5.82 Å². The number of carbonyl (C=O) groups is 1. The molecule has 0 bridgehead atoms. The Kier molecular flexibility index (Phi) is 16.1. The van der Waals surface area contributed by atoms with Gasteiger partial charge in [0, 0.05) is 24.0 Å². The number of aliphatic hydroxyl groups is 3. The van der Waals surface area contributed by atoms with E-state index >= 15 is 0 Å². The Hall–Kier alpha value is -2.68. The molecule has 0 radical (unpaired) electrons. The summed E-state index contributed by atoms with van der Waals surface area (Å²) in [5, 5.41) is 44.3. The molecule has 4 rings (SSSR count). The van der Waals surface area contributed by atoms with Crippen LogP contribution in [0.1, 0.15) is 147 Å². The molecule has 0 spiro atoms. The normalized spacial score (nSPS) is 26.8. The van der Waals surface area contributed by atoms with Gasteiger partial charge in [0.25, 0.3) is 0 Å². The molecule has 7 N–H and O–H groups in total. The van der Waals surface area contributed by atoms with Gasteiger partial charge in [0.05, 0.1) is 23.7 Å². The first-order valence-corrected chi connectivity index (χ1v) is 20.2. The Labute approximate surface area is 307 Å². The van der Waals surface area contributed by atoms with Crippen LogP contribution in [0.25, 0.3) is 0 Å². The molecule has 9 unspecified atom stereocenters. The smallest absolute Gasteiger partial charge is 0.309 e. The van der Waals surface area contributed by atoms with E-state index in [-0.39, 0.29) is 30.3 Å². The first-order chi connectivity index (χ1) is 24.4. The summed E-state index contributed by atoms with van der Waals surface area (Å²) in [4.78, 5) is 19.9. The van der Waals surface area contributed by atoms with Crippen LogP contribution < -0.4 is 5.73 Å². The van der Waals surface area contributed by atoms with Crippen molar-refractivity contribution >= 4 is 11.8 Å². The van der Waals surface area contributed by atoms with E-state index in [1.165, 1.54) is 24.8 Å². The van der Waals surface area contributed by atoms with Crippen molar-refractivity contribution in [3.63, 3.8) is 0 Å². The highest BCUT2D eigenvalue weighted by Crippen LogP contribution is 2.46. The Balaban J connectivity index is 1.31. The quantitative estimate of drug-likeness (QED) is 0.0529. The average Bonchev–Trinajstić information content (AvgIpc) is 3.66. The van der Waals surface area contributed by atoms with Crippen molar-refractivity contribution in [2.75, 3.05) is 5.73 Å². The van der Waals surface area contributed by atoms with E-state index in [0.29, 0.717) is 55.7 Å². The number of hydrogen-bond donors (Lipinski definition) is 6. The number of pyridine rings is 1. The number of carboxylic acids is 1. The van der Waals surface area contributed by atoms with Crippen LogP contribution in [0, 0.1) is 35.5 Å². The summed E-state index contributed by atoms with van der Waals surface area (Å²) >= 11 is 0. The number of rotatable bonds is 22. The number of nitrogen functional groups attached to an aromatic ring is 1. The van der Waals surface area contributed by atoms with Gasteiger partial charge in [0.2, 0.25) is 0 Å². The van der Waals surface area contributed by atoms with Crippen molar-refractivity contribution in [3.8, 4) is 0 Å². The summed E-state index contributed by atoms with van der Waals surface area (Å²) in [6.07, 6.45) is 21.2. The van der Waals surface area contributed by atoms with Crippen LogP contribution >= 0.6 is 0 Å². The van der Waals surface area contributed by atoms with Crippen LogP contribution in [0.2, 0.25) is 0 Å². The number of nitrogens with one attached hydrogen (secondary N) is 1. The van der Waals surface area contributed by atoms with Gasteiger partial charge in [-0.15, -0.1) is 0 Å². The van der Waals surface area contributed by atoms with Gasteiger partial charge in [-0.25, -0.2) is 4.98 Å². The summed E-state index contributed by atoms with van der Waals surface area (Å²) in [6, 6.07) is 6.13. The number of unbranched alkanes of at least 4 members (excludes halogenated alkanes) is 4. The third-order valence-electron chi connectivity index (χ3n) is 12.1. The van der Waals surface area contributed by atoms with Gasteiger partial charge in [-0.1, -0.05) is 78.4 Å². The molecule has 0 aromatic carbocycles. The molecule has 2 aliphatic carbocycles. The summed E-state index contributed by atoms with van der Waals surface area (Å²) < 4.78 is 0. The van der Waals surface area contributed by atoms with Crippen LogP contribution in [-0.4, -0.2) is 54.2 Å². The number of H-pyrrole nitrogens is 1. The van der Waals surface area contributed by atoms with Crippen molar-refractivity contribution in [3.05, 3.63) is 59.6 Å². The summed E-state index contributed by atoms with van der Waals surface area (Å²) in [6.45, 7) is 8.96. The lowest BCUT2D eigenvalue weighted by molar-refractivity contribution is -0.146. The lowest BCUT2D eigenvalue weighted by Crippen LogP contribution is -2.37. The standard InChI is InChI=1S/C43H69N3O5/c1-5-6-8-11-31-14-15-34(40(48)23-31)12-9-7-10-13-38(42(49)50)39(47)16-18-43(51)27-33(21-32-17-19-45-41(44)24-32)22-36(43)26-37-25-35(28-46-37)30(4)20-29(2)3/h14-15,17,19,24-25,28-31,33-34,36,38-40,46-48,51H,5-13,16,18,20-23,26-27H2,1-4H3,(H2,44,45)(H,49,50). The maximum atomic E-state index is 12.3. The summed E-state index contributed by atoms with van der Waals surface area (Å²) in [5.41, 5.74) is 8.47. The topological polar surface area (TPSA) is 153 Å². The summed E-state index contributed by atoms with van der Waals surface area (Å²) in [7, 11) is 0. The molecule has 0 amide bonds. The fraction of sp³-hybridized carbons (Fsp3) is 0.721. The number of nitrogens with two attached hydrogens (primary N) is 1. The van der Waals surface area contributed by atoms with Crippen LogP contribution in [0.5, 0.6) is 0 Å². The molecule has 1 fully saturated rings. The first kappa shape index (κ1) is 41.1. The summed E-state index contributed by atoms with van der Waals surface area (Å²) in [5.74, 6) is 0.611. The van der Waals surface area contributed by atoms with E-state index < -0.39 is 23.6 Å². The molecule has 2 heterocycles. The first-order valence-electron chi connectivity index (χ1n) is 20.2. The third kappa shape index (κ3) is 12.7. The van der Waals surface area contributed by atoms with Gasteiger partial charge in [-0.05, 0) is 130 Å². The fourth-order valence-electron chi connectivity index (χ4n) is 9.18. The molecule has 0 saturated heterocycles. The fourth-order valence-corrected chi connectivity index (χ4v) is 9.18. The highest BCUT2D eigenvalue weighted by Gasteiger charge is 2.46. The lowest BCUT2D eigenvalue weighted by atomic mass is 9.80.